The van der Waals surface area contributed by atoms with E-state index in [2.05, 4.69) is 83.7 Å². The van der Waals surface area contributed by atoms with Gasteiger partial charge in [-0.3, -0.25) is 0 Å². The Hall–Kier alpha value is -3.04. The highest BCUT2D eigenvalue weighted by atomic mass is 16.5. The largest absolute Gasteiger partial charge is 0.497 e. The van der Waals surface area contributed by atoms with Crippen molar-refractivity contribution in [1.82, 2.24) is 9.88 Å². The van der Waals surface area contributed by atoms with Gasteiger partial charge in [-0.05, 0) is 54.8 Å². The van der Waals surface area contributed by atoms with E-state index < -0.39 is 0 Å². The van der Waals surface area contributed by atoms with E-state index in [-0.39, 0.29) is 0 Å². The van der Waals surface area contributed by atoms with Crippen molar-refractivity contribution < 1.29 is 4.74 Å². The Kier molecular flexibility index (Phi) is 5.97. The van der Waals surface area contributed by atoms with E-state index in [1.54, 1.807) is 7.11 Å². The Balaban J connectivity index is 1.42. The summed E-state index contributed by atoms with van der Waals surface area (Å²) in [5.74, 6) is 0.906. The maximum Gasteiger partial charge on any atom is 0.118 e. The van der Waals surface area contributed by atoms with Crippen LogP contribution in [0.3, 0.4) is 0 Å². The van der Waals surface area contributed by atoms with Gasteiger partial charge in [0, 0.05) is 30.2 Å². The first kappa shape index (κ1) is 19.3. The van der Waals surface area contributed by atoms with Crippen molar-refractivity contribution in [1.29, 1.82) is 0 Å². The highest BCUT2D eigenvalue weighted by molar-refractivity contribution is 5.84. The van der Waals surface area contributed by atoms with Crippen LogP contribution in [0.1, 0.15) is 22.3 Å². The molecule has 1 heterocycles. The fourth-order valence-corrected chi connectivity index (χ4v) is 3.73. The smallest absolute Gasteiger partial charge is 0.118 e. The molecule has 3 aromatic carbocycles. The molecule has 0 aliphatic carbocycles. The minimum absolute atomic E-state index is 0.873. The molecule has 3 nitrogen and oxygen atoms in total. The molecule has 0 spiro atoms. The summed E-state index contributed by atoms with van der Waals surface area (Å²) >= 11 is 0. The van der Waals surface area contributed by atoms with E-state index in [1.165, 1.54) is 33.2 Å². The molecule has 29 heavy (non-hydrogen) atoms. The lowest BCUT2D eigenvalue weighted by Gasteiger charge is -2.06. The molecule has 1 N–H and O–H groups in total. The summed E-state index contributed by atoms with van der Waals surface area (Å²) in [5.41, 5.74) is 6.59. The quantitative estimate of drug-likeness (QED) is 0.415. The van der Waals surface area contributed by atoms with E-state index >= 15 is 0 Å². The fraction of sp³-hybridized carbons (Fsp3) is 0.231. The topological polar surface area (TPSA) is 26.2 Å². The number of nitrogens with zero attached hydrogens (tertiary/aromatic N) is 1. The summed E-state index contributed by atoms with van der Waals surface area (Å²) in [6.07, 6.45) is 3.30. The standard InChI is InChI=1S/C26H28N2O/c1-20-7-9-22(10-8-20)18-28-19-23(25-5-3-4-6-26(25)28)17-27-16-15-21-11-13-24(29-2)14-12-21/h3-14,19,27H,15-18H2,1-2H3. The molecule has 0 saturated carbocycles. The third kappa shape index (κ3) is 4.69. The first-order chi connectivity index (χ1) is 14.2. The summed E-state index contributed by atoms with van der Waals surface area (Å²) in [4.78, 5) is 0. The zero-order valence-electron chi connectivity index (χ0n) is 17.2. The average molecular weight is 385 g/mol. The Labute approximate surface area is 172 Å². The number of aromatic nitrogens is 1. The average Bonchev–Trinajstić information content (AvgIpc) is 3.11. The van der Waals surface area contributed by atoms with Crippen LogP contribution >= 0.6 is 0 Å². The second-order valence-electron chi connectivity index (χ2n) is 7.56. The van der Waals surface area contributed by atoms with Gasteiger partial charge in [-0.25, -0.2) is 0 Å². The number of para-hydroxylation sites is 1. The van der Waals surface area contributed by atoms with Gasteiger partial charge in [-0.1, -0.05) is 60.2 Å². The summed E-state index contributed by atoms with van der Waals surface area (Å²) in [6, 6.07) is 25.8. The van der Waals surface area contributed by atoms with Crippen LogP contribution in [0.4, 0.5) is 0 Å². The number of ether oxygens (including phenoxy) is 1. The van der Waals surface area contributed by atoms with Crippen molar-refractivity contribution in [3.63, 3.8) is 0 Å². The zero-order chi connectivity index (χ0) is 20.1. The van der Waals surface area contributed by atoms with Gasteiger partial charge in [0.15, 0.2) is 0 Å². The molecule has 0 atom stereocenters. The maximum atomic E-state index is 5.23. The lowest BCUT2D eigenvalue weighted by Crippen LogP contribution is -2.16. The Morgan fingerprint density at radius 3 is 2.34 bits per heavy atom. The second-order valence-corrected chi connectivity index (χ2v) is 7.56. The molecule has 0 amide bonds. The van der Waals surface area contributed by atoms with Gasteiger partial charge in [-0.2, -0.15) is 0 Å². The zero-order valence-corrected chi connectivity index (χ0v) is 17.2. The van der Waals surface area contributed by atoms with E-state index in [9.17, 15) is 0 Å². The van der Waals surface area contributed by atoms with Crippen molar-refractivity contribution >= 4 is 10.9 Å². The van der Waals surface area contributed by atoms with Gasteiger partial charge in [0.05, 0.1) is 7.11 Å². The maximum absolute atomic E-state index is 5.23. The summed E-state index contributed by atoms with van der Waals surface area (Å²) in [7, 11) is 1.70. The monoisotopic (exact) mass is 384 g/mol. The molecule has 0 aliphatic heterocycles. The number of fused-ring (bicyclic) bond motifs is 1. The summed E-state index contributed by atoms with van der Waals surface area (Å²) < 4.78 is 7.59. The van der Waals surface area contributed by atoms with Crippen LogP contribution in [0.15, 0.2) is 79.0 Å². The van der Waals surface area contributed by atoms with E-state index in [0.29, 0.717) is 0 Å². The molecule has 4 aromatic rings. The highest BCUT2D eigenvalue weighted by Gasteiger charge is 2.08. The van der Waals surface area contributed by atoms with E-state index in [4.69, 9.17) is 4.74 Å². The minimum atomic E-state index is 0.873. The van der Waals surface area contributed by atoms with Gasteiger partial charge >= 0.3 is 0 Å². The Bertz CT molecular complexity index is 1060. The minimum Gasteiger partial charge on any atom is -0.497 e. The van der Waals surface area contributed by atoms with Crippen LogP contribution < -0.4 is 10.1 Å². The van der Waals surface area contributed by atoms with Gasteiger partial charge in [0.25, 0.3) is 0 Å². The molecule has 1 aromatic heterocycles. The molecule has 0 unspecified atom stereocenters. The number of nitrogens with one attached hydrogen (secondary N) is 1. The van der Waals surface area contributed by atoms with Gasteiger partial charge in [0.1, 0.15) is 5.75 Å². The van der Waals surface area contributed by atoms with Crippen molar-refractivity contribution in [2.24, 2.45) is 0 Å². The fourth-order valence-electron chi connectivity index (χ4n) is 3.73. The SMILES string of the molecule is COc1ccc(CCNCc2cn(Cc3ccc(C)cc3)c3ccccc23)cc1. The van der Waals surface area contributed by atoms with Crippen LogP contribution in [-0.4, -0.2) is 18.2 Å². The van der Waals surface area contributed by atoms with E-state index in [1.807, 2.05) is 12.1 Å². The lowest BCUT2D eigenvalue weighted by molar-refractivity contribution is 0.414. The summed E-state index contributed by atoms with van der Waals surface area (Å²) in [5, 5.41) is 4.94. The molecular weight excluding hydrogens is 356 g/mol. The van der Waals surface area contributed by atoms with Gasteiger partial charge in [0.2, 0.25) is 0 Å². The van der Waals surface area contributed by atoms with Gasteiger partial charge in [-0.15, -0.1) is 0 Å². The van der Waals surface area contributed by atoms with Crippen LogP contribution in [0, 0.1) is 6.92 Å². The number of methoxy groups -OCH3 is 1. The molecular formula is C26H28N2O. The number of hydrogen-bond acceptors (Lipinski definition) is 2. The Morgan fingerprint density at radius 1 is 0.862 bits per heavy atom. The molecule has 0 bridgehead atoms. The molecule has 4 rings (SSSR count). The highest BCUT2D eigenvalue weighted by Crippen LogP contribution is 2.22. The predicted octanol–water partition coefficient (Wildman–Crippen LogP) is 5.34. The lowest BCUT2D eigenvalue weighted by atomic mass is 10.1. The molecule has 0 fully saturated rings. The number of aryl methyl sites for hydroxylation is 1. The first-order valence-corrected chi connectivity index (χ1v) is 10.2. The number of rotatable bonds is 8. The van der Waals surface area contributed by atoms with Crippen LogP contribution in [0.2, 0.25) is 0 Å². The predicted molar refractivity (Wildman–Crippen MR) is 121 cm³/mol. The molecule has 0 aliphatic rings. The molecule has 3 heteroatoms. The third-order valence-electron chi connectivity index (χ3n) is 5.41. The van der Waals surface area contributed by atoms with Crippen LogP contribution in [0.25, 0.3) is 10.9 Å². The van der Waals surface area contributed by atoms with Crippen molar-refractivity contribution in [2.45, 2.75) is 26.4 Å². The number of hydrogen-bond donors (Lipinski definition) is 1. The second kappa shape index (κ2) is 8.97. The van der Waals surface area contributed by atoms with Crippen molar-refractivity contribution in [2.75, 3.05) is 13.7 Å². The van der Waals surface area contributed by atoms with E-state index in [0.717, 1.165) is 31.8 Å². The van der Waals surface area contributed by atoms with Crippen LogP contribution in [-0.2, 0) is 19.5 Å². The molecule has 148 valence electrons. The van der Waals surface area contributed by atoms with Crippen molar-refractivity contribution in [3.8, 4) is 5.75 Å². The normalized spacial score (nSPS) is 11.1. The van der Waals surface area contributed by atoms with Gasteiger partial charge < -0.3 is 14.6 Å². The molecule has 0 radical (unpaired) electrons. The first-order valence-electron chi connectivity index (χ1n) is 10.2. The Morgan fingerprint density at radius 2 is 1.59 bits per heavy atom. The summed E-state index contributed by atoms with van der Waals surface area (Å²) in [6.45, 7) is 4.85. The van der Waals surface area contributed by atoms with Crippen molar-refractivity contribution in [3.05, 3.63) is 101 Å². The molecule has 0 saturated heterocycles. The number of benzene rings is 3. The third-order valence-corrected chi connectivity index (χ3v) is 5.41. The van der Waals surface area contributed by atoms with Crippen LogP contribution in [0.5, 0.6) is 5.75 Å².